The van der Waals surface area contributed by atoms with Crippen LogP contribution in [-0.4, -0.2) is 14.9 Å². The summed E-state index contributed by atoms with van der Waals surface area (Å²) in [6, 6.07) is 0. The number of imidazole rings is 1. The molecule has 3 nitrogen and oxygen atoms in total. The first-order chi connectivity index (χ1) is 8.00. The maximum Gasteiger partial charge on any atom is 0.193 e. The molecule has 4 heteroatoms. The monoisotopic (exact) mass is 249 g/mol. The lowest BCUT2D eigenvalue weighted by Gasteiger charge is -2.37. The van der Waals surface area contributed by atoms with Crippen LogP contribution in [0.1, 0.15) is 38.8 Å². The highest BCUT2D eigenvalue weighted by molar-refractivity contribution is 7.15. The zero-order valence-corrected chi connectivity index (χ0v) is 11.3. The molecule has 1 aliphatic carbocycles. The molecule has 1 fully saturated rings. The fourth-order valence-corrected chi connectivity index (χ4v) is 3.66. The molecule has 0 radical (unpaired) electrons. The lowest BCUT2D eigenvalue weighted by molar-refractivity contribution is 0.206. The van der Waals surface area contributed by atoms with Gasteiger partial charge in [-0.3, -0.25) is 4.40 Å². The lowest BCUT2D eigenvalue weighted by atomic mass is 9.73. The van der Waals surface area contributed by atoms with E-state index in [-0.39, 0.29) is 11.0 Å². The van der Waals surface area contributed by atoms with Gasteiger partial charge in [0.1, 0.15) is 0 Å². The Morgan fingerprint density at radius 3 is 2.94 bits per heavy atom. The summed E-state index contributed by atoms with van der Waals surface area (Å²) in [4.78, 5) is 5.72. The third-order valence-electron chi connectivity index (χ3n) is 4.41. The van der Waals surface area contributed by atoms with Gasteiger partial charge in [-0.25, -0.2) is 4.98 Å². The van der Waals surface area contributed by atoms with E-state index in [2.05, 4.69) is 41.0 Å². The molecule has 2 heterocycles. The Hall–Kier alpha value is -0.870. The van der Waals surface area contributed by atoms with Crippen LogP contribution >= 0.6 is 11.3 Å². The molecule has 17 heavy (non-hydrogen) atoms. The van der Waals surface area contributed by atoms with Crippen molar-refractivity contribution in [3.8, 4) is 0 Å². The Bertz CT molecular complexity index is 511. The van der Waals surface area contributed by atoms with Crippen LogP contribution in [-0.2, 0) is 6.42 Å². The van der Waals surface area contributed by atoms with Crippen LogP contribution < -0.4 is 5.73 Å². The number of hydrogen-bond acceptors (Lipinski definition) is 3. The van der Waals surface area contributed by atoms with E-state index in [0.29, 0.717) is 0 Å². The van der Waals surface area contributed by atoms with Crippen LogP contribution in [0, 0.1) is 5.41 Å². The molecular weight excluding hydrogens is 230 g/mol. The second kappa shape index (κ2) is 3.56. The number of aromatic nitrogens is 2. The standard InChI is InChI=1S/C13H19N3S/c1-12(2)4-3-5-13(12,14)8-10-9-16-6-7-17-11(16)15-10/h6-7,9H,3-5,8,14H2,1-2H3. The van der Waals surface area contributed by atoms with E-state index in [1.807, 2.05) is 0 Å². The number of fused-ring (bicyclic) bond motifs is 1. The fraction of sp³-hybridized carbons (Fsp3) is 0.615. The predicted octanol–water partition coefficient (Wildman–Crippen LogP) is 2.85. The van der Waals surface area contributed by atoms with Crippen molar-refractivity contribution < 1.29 is 0 Å². The highest BCUT2D eigenvalue weighted by Crippen LogP contribution is 2.45. The summed E-state index contributed by atoms with van der Waals surface area (Å²) in [5, 5.41) is 2.06. The van der Waals surface area contributed by atoms with Crippen LogP contribution in [0.4, 0.5) is 0 Å². The molecule has 2 aromatic heterocycles. The third-order valence-corrected chi connectivity index (χ3v) is 5.18. The maximum atomic E-state index is 6.61. The van der Waals surface area contributed by atoms with E-state index >= 15 is 0 Å². The Kier molecular flexibility index (Phi) is 2.35. The Balaban J connectivity index is 1.89. The van der Waals surface area contributed by atoms with E-state index in [1.54, 1.807) is 11.3 Å². The van der Waals surface area contributed by atoms with Crippen molar-refractivity contribution in [1.82, 2.24) is 9.38 Å². The van der Waals surface area contributed by atoms with Gasteiger partial charge in [0.25, 0.3) is 0 Å². The van der Waals surface area contributed by atoms with E-state index in [9.17, 15) is 0 Å². The maximum absolute atomic E-state index is 6.61. The Labute approximate surface area is 106 Å². The van der Waals surface area contributed by atoms with Gasteiger partial charge in [0.15, 0.2) is 4.96 Å². The molecule has 0 aromatic carbocycles. The normalized spacial score (nSPS) is 27.9. The summed E-state index contributed by atoms with van der Waals surface area (Å²) in [6.45, 7) is 4.58. The molecule has 0 amide bonds. The van der Waals surface area contributed by atoms with Crippen molar-refractivity contribution in [3.05, 3.63) is 23.5 Å². The van der Waals surface area contributed by atoms with Crippen LogP contribution in [0.2, 0.25) is 0 Å². The fourth-order valence-electron chi connectivity index (χ4n) is 2.95. The smallest absolute Gasteiger partial charge is 0.193 e. The second-order valence-corrected chi connectivity index (χ2v) is 6.77. The summed E-state index contributed by atoms with van der Waals surface area (Å²) in [6.07, 6.45) is 8.66. The van der Waals surface area contributed by atoms with Crippen molar-refractivity contribution in [1.29, 1.82) is 0 Å². The first kappa shape index (κ1) is 11.2. The molecule has 1 aliphatic rings. The third kappa shape index (κ3) is 1.70. The summed E-state index contributed by atoms with van der Waals surface area (Å²) in [5.74, 6) is 0. The number of rotatable bonds is 2. The van der Waals surface area contributed by atoms with Crippen LogP contribution in [0.15, 0.2) is 17.8 Å². The van der Waals surface area contributed by atoms with Gasteiger partial charge in [-0.15, -0.1) is 11.3 Å². The molecule has 2 N–H and O–H groups in total. The van der Waals surface area contributed by atoms with Gasteiger partial charge in [0, 0.05) is 29.7 Å². The average Bonchev–Trinajstić information content (AvgIpc) is 2.82. The molecule has 0 bridgehead atoms. The molecule has 1 atom stereocenters. The predicted molar refractivity (Wildman–Crippen MR) is 71.3 cm³/mol. The van der Waals surface area contributed by atoms with Gasteiger partial charge in [0.05, 0.1) is 5.69 Å². The summed E-state index contributed by atoms with van der Waals surface area (Å²) in [7, 11) is 0. The number of nitrogens with zero attached hydrogens (tertiary/aromatic N) is 2. The molecule has 1 unspecified atom stereocenters. The van der Waals surface area contributed by atoms with Gasteiger partial charge in [-0.2, -0.15) is 0 Å². The molecule has 2 aromatic rings. The number of thiazole rings is 1. The molecular formula is C13H19N3S. The lowest BCUT2D eigenvalue weighted by Crippen LogP contribution is -2.50. The molecule has 0 saturated heterocycles. The highest BCUT2D eigenvalue weighted by atomic mass is 32.1. The first-order valence-corrected chi connectivity index (χ1v) is 7.08. The van der Waals surface area contributed by atoms with Crippen LogP contribution in [0.3, 0.4) is 0 Å². The molecule has 1 saturated carbocycles. The number of hydrogen-bond donors (Lipinski definition) is 1. The minimum Gasteiger partial charge on any atom is -0.324 e. The molecule has 3 rings (SSSR count). The van der Waals surface area contributed by atoms with Crippen molar-refractivity contribution in [2.24, 2.45) is 11.1 Å². The SMILES string of the molecule is CC1(C)CCCC1(N)Cc1cn2ccsc2n1. The van der Waals surface area contributed by atoms with Crippen molar-refractivity contribution in [2.45, 2.75) is 45.1 Å². The summed E-state index contributed by atoms with van der Waals surface area (Å²) < 4.78 is 2.09. The zero-order valence-electron chi connectivity index (χ0n) is 10.4. The van der Waals surface area contributed by atoms with Gasteiger partial charge < -0.3 is 5.73 Å². The van der Waals surface area contributed by atoms with Gasteiger partial charge >= 0.3 is 0 Å². The summed E-state index contributed by atoms with van der Waals surface area (Å²) >= 11 is 1.68. The number of nitrogens with two attached hydrogens (primary N) is 1. The van der Waals surface area contributed by atoms with E-state index < -0.39 is 0 Å². The Morgan fingerprint density at radius 2 is 2.29 bits per heavy atom. The zero-order chi connectivity index (χ0) is 12.1. The first-order valence-electron chi connectivity index (χ1n) is 6.20. The van der Waals surface area contributed by atoms with Crippen molar-refractivity contribution in [3.63, 3.8) is 0 Å². The topological polar surface area (TPSA) is 43.3 Å². The van der Waals surface area contributed by atoms with Crippen molar-refractivity contribution >= 4 is 16.3 Å². The van der Waals surface area contributed by atoms with E-state index in [0.717, 1.165) is 23.5 Å². The van der Waals surface area contributed by atoms with Crippen molar-refractivity contribution in [2.75, 3.05) is 0 Å². The second-order valence-electron chi connectivity index (χ2n) is 5.90. The van der Waals surface area contributed by atoms with Crippen LogP contribution in [0.5, 0.6) is 0 Å². The van der Waals surface area contributed by atoms with E-state index in [4.69, 9.17) is 5.73 Å². The van der Waals surface area contributed by atoms with Crippen LogP contribution in [0.25, 0.3) is 4.96 Å². The molecule has 0 aliphatic heterocycles. The average molecular weight is 249 g/mol. The summed E-state index contributed by atoms with van der Waals surface area (Å²) in [5.41, 5.74) is 7.89. The molecule has 92 valence electrons. The minimum absolute atomic E-state index is 0.0863. The highest BCUT2D eigenvalue weighted by Gasteiger charge is 2.45. The molecule has 0 spiro atoms. The Morgan fingerprint density at radius 1 is 1.47 bits per heavy atom. The van der Waals surface area contributed by atoms with Gasteiger partial charge in [-0.05, 0) is 18.3 Å². The quantitative estimate of drug-likeness (QED) is 0.889. The van der Waals surface area contributed by atoms with Gasteiger partial charge in [0.2, 0.25) is 0 Å². The van der Waals surface area contributed by atoms with Gasteiger partial charge in [-0.1, -0.05) is 20.3 Å². The minimum atomic E-state index is -0.0863. The van der Waals surface area contributed by atoms with E-state index in [1.165, 1.54) is 12.8 Å². The largest absolute Gasteiger partial charge is 0.324 e.